The Morgan fingerprint density at radius 3 is 2.65 bits per heavy atom. The Morgan fingerprint density at radius 1 is 1.30 bits per heavy atom. The second kappa shape index (κ2) is 8.37. The lowest BCUT2D eigenvalue weighted by atomic mass is 10.2. The Kier molecular flexibility index (Phi) is 6.48. The number of rotatable bonds is 5. The molecule has 1 fully saturated rings. The third kappa shape index (κ3) is 5.56. The summed E-state index contributed by atoms with van der Waals surface area (Å²) < 4.78 is 5.10. The van der Waals surface area contributed by atoms with E-state index < -0.39 is 12.1 Å². The van der Waals surface area contributed by atoms with Crippen LogP contribution in [0.4, 0.5) is 0 Å². The van der Waals surface area contributed by atoms with E-state index in [9.17, 15) is 9.59 Å². The molecule has 1 N–H and O–H groups in total. The van der Waals surface area contributed by atoms with E-state index in [1.165, 1.54) is 12.2 Å². The van der Waals surface area contributed by atoms with Crippen LogP contribution in [0.25, 0.3) is 6.08 Å². The minimum atomic E-state index is -0.826. The van der Waals surface area contributed by atoms with Gasteiger partial charge in [-0.15, -0.1) is 0 Å². The molecule has 0 spiro atoms. The van der Waals surface area contributed by atoms with E-state index in [4.69, 9.17) is 27.9 Å². The van der Waals surface area contributed by atoms with Crippen LogP contribution < -0.4 is 5.32 Å². The van der Waals surface area contributed by atoms with Crippen LogP contribution in [0, 0.1) is 0 Å². The van der Waals surface area contributed by atoms with Crippen molar-refractivity contribution in [3.05, 3.63) is 39.9 Å². The van der Waals surface area contributed by atoms with Gasteiger partial charge in [0.2, 0.25) is 0 Å². The number of hydrogen-bond donors (Lipinski definition) is 1. The van der Waals surface area contributed by atoms with Crippen molar-refractivity contribution in [2.75, 3.05) is 0 Å². The van der Waals surface area contributed by atoms with Crippen LogP contribution in [0.5, 0.6) is 0 Å². The Labute approximate surface area is 145 Å². The monoisotopic (exact) mass is 355 g/mol. The lowest BCUT2D eigenvalue weighted by molar-refractivity contribution is -0.150. The summed E-state index contributed by atoms with van der Waals surface area (Å²) in [7, 11) is 0. The van der Waals surface area contributed by atoms with E-state index >= 15 is 0 Å². The molecule has 0 aromatic heterocycles. The zero-order valence-corrected chi connectivity index (χ0v) is 14.4. The molecule has 1 saturated carbocycles. The van der Waals surface area contributed by atoms with Gasteiger partial charge in [0.05, 0.1) is 0 Å². The van der Waals surface area contributed by atoms with E-state index in [1.54, 1.807) is 25.1 Å². The predicted molar refractivity (Wildman–Crippen MR) is 91.4 cm³/mol. The van der Waals surface area contributed by atoms with Gasteiger partial charge in [0.15, 0.2) is 6.10 Å². The molecular weight excluding hydrogens is 337 g/mol. The van der Waals surface area contributed by atoms with Crippen molar-refractivity contribution in [2.45, 2.75) is 44.8 Å². The average Bonchev–Trinajstić information content (AvgIpc) is 2.99. The normalized spacial score (nSPS) is 16.5. The molecule has 2 rings (SSSR count). The molecule has 1 aromatic rings. The van der Waals surface area contributed by atoms with Gasteiger partial charge in [-0.25, -0.2) is 4.79 Å². The van der Waals surface area contributed by atoms with E-state index in [-0.39, 0.29) is 11.9 Å². The zero-order valence-electron chi connectivity index (χ0n) is 12.9. The van der Waals surface area contributed by atoms with Crippen molar-refractivity contribution in [1.82, 2.24) is 5.32 Å². The number of nitrogens with one attached hydrogen (secondary N) is 1. The number of benzene rings is 1. The Bertz CT molecular complexity index is 610. The van der Waals surface area contributed by atoms with E-state index in [2.05, 4.69) is 5.32 Å². The molecule has 124 valence electrons. The highest BCUT2D eigenvalue weighted by Crippen LogP contribution is 2.22. The van der Waals surface area contributed by atoms with Crippen molar-refractivity contribution in [1.29, 1.82) is 0 Å². The number of halogens is 2. The molecule has 0 unspecified atom stereocenters. The van der Waals surface area contributed by atoms with Crippen LogP contribution >= 0.6 is 23.2 Å². The van der Waals surface area contributed by atoms with Gasteiger partial charge in [-0.3, -0.25) is 4.79 Å². The molecule has 4 nitrogen and oxygen atoms in total. The van der Waals surface area contributed by atoms with Gasteiger partial charge < -0.3 is 10.1 Å². The van der Waals surface area contributed by atoms with Crippen LogP contribution in [0.2, 0.25) is 10.0 Å². The van der Waals surface area contributed by atoms with Crippen LogP contribution in [-0.2, 0) is 14.3 Å². The fourth-order valence-electron chi connectivity index (χ4n) is 2.45. The van der Waals surface area contributed by atoms with E-state index in [1.807, 2.05) is 0 Å². The molecule has 1 aromatic carbocycles. The highest BCUT2D eigenvalue weighted by atomic mass is 35.5. The highest BCUT2D eigenvalue weighted by Gasteiger charge is 2.22. The van der Waals surface area contributed by atoms with E-state index in [0.29, 0.717) is 15.6 Å². The second-order valence-electron chi connectivity index (χ2n) is 5.57. The van der Waals surface area contributed by atoms with E-state index in [0.717, 1.165) is 25.7 Å². The SMILES string of the molecule is C[C@@H](OC(=O)/C=C/c1ccc(Cl)cc1Cl)C(=O)NC1CCCC1. The van der Waals surface area contributed by atoms with Gasteiger partial charge in [-0.1, -0.05) is 42.1 Å². The van der Waals surface area contributed by atoms with Crippen molar-refractivity contribution in [3.8, 4) is 0 Å². The lowest BCUT2D eigenvalue weighted by Gasteiger charge is -2.16. The van der Waals surface area contributed by atoms with Crippen molar-refractivity contribution in [3.63, 3.8) is 0 Å². The van der Waals surface area contributed by atoms with Gasteiger partial charge in [-0.05, 0) is 43.5 Å². The summed E-state index contributed by atoms with van der Waals surface area (Å²) in [6, 6.07) is 5.17. The molecular formula is C17H19Cl2NO3. The molecule has 1 aliphatic rings. The van der Waals surface area contributed by atoms with Crippen LogP contribution in [0.1, 0.15) is 38.2 Å². The van der Waals surface area contributed by atoms with Crippen molar-refractivity contribution < 1.29 is 14.3 Å². The topological polar surface area (TPSA) is 55.4 Å². The standard InChI is InChI=1S/C17H19Cl2NO3/c1-11(17(22)20-14-4-2-3-5-14)23-16(21)9-7-12-6-8-13(18)10-15(12)19/h6-11,14H,2-5H2,1H3,(H,20,22)/b9-7+/t11-/m1/s1. The summed E-state index contributed by atoms with van der Waals surface area (Å²) in [4.78, 5) is 23.7. The van der Waals surface area contributed by atoms with Gasteiger partial charge in [0, 0.05) is 22.2 Å². The molecule has 0 heterocycles. The van der Waals surface area contributed by atoms with Gasteiger partial charge >= 0.3 is 5.97 Å². The van der Waals surface area contributed by atoms with Crippen molar-refractivity contribution >= 4 is 41.2 Å². The summed E-state index contributed by atoms with van der Waals surface area (Å²) in [5.41, 5.74) is 0.649. The molecule has 0 saturated heterocycles. The molecule has 6 heteroatoms. The first-order valence-electron chi connectivity index (χ1n) is 7.60. The number of hydrogen-bond acceptors (Lipinski definition) is 3. The van der Waals surface area contributed by atoms with Gasteiger partial charge in [0.1, 0.15) is 0 Å². The number of carbonyl (C=O) groups excluding carboxylic acids is 2. The minimum absolute atomic E-state index is 0.201. The zero-order chi connectivity index (χ0) is 16.8. The Morgan fingerprint density at radius 2 is 2.00 bits per heavy atom. The largest absolute Gasteiger partial charge is 0.449 e. The van der Waals surface area contributed by atoms with Gasteiger partial charge in [0.25, 0.3) is 5.91 Å². The summed E-state index contributed by atoms with van der Waals surface area (Å²) in [6.07, 6.45) is 6.18. The van der Waals surface area contributed by atoms with Crippen molar-refractivity contribution in [2.24, 2.45) is 0 Å². The van der Waals surface area contributed by atoms with Crippen LogP contribution in [0.3, 0.4) is 0 Å². The van der Waals surface area contributed by atoms with Crippen LogP contribution in [0.15, 0.2) is 24.3 Å². The first-order chi connectivity index (χ1) is 11.0. The first kappa shape index (κ1) is 17.8. The summed E-state index contributed by atoms with van der Waals surface area (Å²) in [5.74, 6) is -0.853. The third-order valence-electron chi connectivity index (χ3n) is 3.73. The molecule has 1 amide bonds. The Balaban J connectivity index is 1.85. The minimum Gasteiger partial charge on any atom is -0.449 e. The molecule has 1 atom stereocenters. The van der Waals surface area contributed by atoms with Gasteiger partial charge in [-0.2, -0.15) is 0 Å². The summed E-state index contributed by atoms with van der Waals surface area (Å²) >= 11 is 11.8. The third-order valence-corrected chi connectivity index (χ3v) is 4.29. The first-order valence-corrected chi connectivity index (χ1v) is 8.35. The fraction of sp³-hybridized carbons (Fsp3) is 0.412. The summed E-state index contributed by atoms with van der Waals surface area (Å²) in [5, 5.41) is 3.86. The maximum absolute atomic E-state index is 12.0. The molecule has 0 bridgehead atoms. The Hall–Kier alpha value is -1.52. The van der Waals surface area contributed by atoms with Crippen LogP contribution in [-0.4, -0.2) is 24.0 Å². The lowest BCUT2D eigenvalue weighted by Crippen LogP contribution is -2.40. The average molecular weight is 356 g/mol. The molecule has 23 heavy (non-hydrogen) atoms. The maximum atomic E-state index is 12.0. The smallest absolute Gasteiger partial charge is 0.331 e. The molecule has 0 aliphatic heterocycles. The molecule has 1 aliphatic carbocycles. The molecule has 0 radical (unpaired) electrons. The highest BCUT2D eigenvalue weighted by molar-refractivity contribution is 6.35. The fourth-order valence-corrected chi connectivity index (χ4v) is 2.92. The second-order valence-corrected chi connectivity index (χ2v) is 6.41. The quantitative estimate of drug-likeness (QED) is 0.641. The maximum Gasteiger partial charge on any atom is 0.331 e. The number of ether oxygens (including phenoxy) is 1. The summed E-state index contributed by atoms with van der Waals surface area (Å²) in [6.45, 7) is 1.56. The number of amides is 1. The number of carbonyl (C=O) groups is 2. The predicted octanol–water partition coefficient (Wildman–Crippen LogP) is 4.00. The number of esters is 1.